The molecule has 0 fully saturated rings. The first-order chi connectivity index (χ1) is 18.0. The van der Waals surface area contributed by atoms with E-state index in [1.807, 2.05) is 54.6 Å². The minimum Gasteiger partial charge on any atom is -0.493 e. The second-order valence-corrected chi connectivity index (χ2v) is 9.13. The van der Waals surface area contributed by atoms with Gasteiger partial charge in [-0.25, -0.2) is 0 Å². The highest BCUT2D eigenvalue weighted by atomic mass is 35.5. The molecule has 5 rings (SSSR count). The molecule has 0 spiro atoms. The smallest absolute Gasteiger partial charge is 0.299 e. The van der Waals surface area contributed by atoms with Gasteiger partial charge in [0, 0.05) is 21.0 Å². The first-order valence-electron chi connectivity index (χ1n) is 11.5. The van der Waals surface area contributed by atoms with E-state index in [1.165, 1.54) is 0 Å². The number of halogens is 2. The zero-order chi connectivity index (χ0) is 25.8. The van der Waals surface area contributed by atoms with E-state index in [4.69, 9.17) is 27.9 Å². The van der Waals surface area contributed by atoms with E-state index in [2.05, 4.69) is 10.2 Å². The molecule has 0 radical (unpaired) electrons. The van der Waals surface area contributed by atoms with E-state index < -0.39 is 5.91 Å². The minimum absolute atomic E-state index is 0.0662. The van der Waals surface area contributed by atoms with Crippen LogP contribution < -0.4 is 4.74 Å². The number of nitrogens with zero attached hydrogens (tertiary/aromatic N) is 3. The summed E-state index contributed by atoms with van der Waals surface area (Å²) < 4.78 is 7.62. The van der Waals surface area contributed by atoms with Crippen LogP contribution in [-0.4, -0.2) is 15.6 Å². The Morgan fingerprint density at radius 3 is 2.43 bits per heavy atom. The normalized spacial score (nSPS) is 11.3. The lowest BCUT2D eigenvalue weighted by Gasteiger charge is -2.10. The first-order valence-corrected chi connectivity index (χ1v) is 12.2. The summed E-state index contributed by atoms with van der Waals surface area (Å²) in [6.07, 6.45) is 0. The Hall–Kier alpha value is -4.13. The Balaban J connectivity index is 1.41. The van der Waals surface area contributed by atoms with Crippen LogP contribution in [0.15, 0.2) is 107 Å². The number of fused-ring (bicyclic) bond motifs is 1. The Labute approximate surface area is 223 Å². The van der Waals surface area contributed by atoms with Crippen LogP contribution in [0.1, 0.15) is 21.5 Å². The molecule has 0 aliphatic rings. The minimum atomic E-state index is -0.600. The maximum absolute atomic E-state index is 13.0. The van der Waals surface area contributed by atoms with Gasteiger partial charge in [0.15, 0.2) is 5.69 Å². The number of hydrogen-bond donors (Lipinski definition) is 1. The zero-order valence-electron chi connectivity index (χ0n) is 19.5. The lowest BCUT2D eigenvalue weighted by atomic mass is 10.2. The lowest BCUT2D eigenvalue weighted by Crippen LogP contribution is -2.02. The van der Waals surface area contributed by atoms with Crippen molar-refractivity contribution in [2.24, 2.45) is 10.2 Å². The third-order valence-corrected chi connectivity index (χ3v) is 6.44. The van der Waals surface area contributed by atoms with Gasteiger partial charge in [-0.3, -0.25) is 4.79 Å². The average Bonchev–Trinajstić information content (AvgIpc) is 3.18. The number of benzene rings is 4. The van der Waals surface area contributed by atoms with E-state index in [9.17, 15) is 9.90 Å². The number of carbonyl (C=O) groups is 1. The molecule has 0 bridgehead atoms. The van der Waals surface area contributed by atoms with Crippen molar-refractivity contribution in [3.63, 3.8) is 0 Å². The molecule has 184 valence electrons. The summed E-state index contributed by atoms with van der Waals surface area (Å²) in [6, 6.07) is 29.1. The van der Waals surface area contributed by atoms with Crippen LogP contribution in [0.25, 0.3) is 10.9 Å². The molecule has 1 amide bonds. The van der Waals surface area contributed by atoms with Crippen LogP contribution >= 0.6 is 23.2 Å². The fraction of sp³-hybridized carbons (Fsp3) is 0.0690. The average molecular weight is 530 g/mol. The van der Waals surface area contributed by atoms with E-state index >= 15 is 0 Å². The number of carbonyl (C=O) groups excluding carboxylic acids is 1. The van der Waals surface area contributed by atoms with Crippen molar-refractivity contribution in [2.45, 2.75) is 13.2 Å². The van der Waals surface area contributed by atoms with Gasteiger partial charge in [0.1, 0.15) is 12.4 Å². The lowest BCUT2D eigenvalue weighted by molar-refractivity contribution is 0.0990. The fourth-order valence-corrected chi connectivity index (χ4v) is 4.47. The van der Waals surface area contributed by atoms with Crippen molar-refractivity contribution in [2.75, 3.05) is 0 Å². The predicted octanol–water partition coefficient (Wildman–Crippen LogP) is 8.21. The van der Waals surface area contributed by atoms with E-state index in [0.717, 1.165) is 16.6 Å². The molecule has 0 saturated carbocycles. The van der Waals surface area contributed by atoms with Gasteiger partial charge in [-0.2, -0.15) is 0 Å². The molecular formula is C29H21Cl2N3O3. The summed E-state index contributed by atoms with van der Waals surface area (Å²) in [5.41, 5.74) is 3.00. The number of rotatable bonds is 7. The first kappa shape index (κ1) is 24.6. The Morgan fingerprint density at radius 2 is 1.62 bits per heavy atom. The maximum Gasteiger partial charge on any atom is 0.299 e. The Morgan fingerprint density at radius 1 is 0.892 bits per heavy atom. The van der Waals surface area contributed by atoms with Crippen LogP contribution in [-0.2, 0) is 13.2 Å². The van der Waals surface area contributed by atoms with E-state index in [0.29, 0.717) is 27.7 Å². The van der Waals surface area contributed by atoms with Crippen molar-refractivity contribution in [3.05, 3.63) is 124 Å². The van der Waals surface area contributed by atoms with E-state index in [-0.39, 0.29) is 23.7 Å². The van der Waals surface area contributed by atoms with Gasteiger partial charge in [-0.05, 0) is 35.9 Å². The summed E-state index contributed by atoms with van der Waals surface area (Å²) in [7, 11) is 0. The highest BCUT2D eigenvalue weighted by molar-refractivity contribution is 6.35. The summed E-state index contributed by atoms with van der Waals surface area (Å²) in [6.45, 7) is 0.589. The molecule has 1 heterocycles. The summed E-state index contributed by atoms with van der Waals surface area (Å²) in [4.78, 5) is 13.0. The van der Waals surface area contributed by atoms with Crippen molar-refractivity contribution in [3.8, 4) is 11.6 Å². The van der Waals surface area contributed by atoms with E-state index in [1.54, 1.807) is 47.0 Å². The third-order valence-electron chi connectivity index (χ3n) is 5.86. The molecule has 4 aromatic carbocycles. The number of aromatic nitrogens is 1. The van der Waals surface area contributed by atoms with Crippen molar-refractivity contribution in [1.29, 1.82) is 0 Å². The Kier molecular flexibility index (Phi) is 7.21. The topological polar surface area (TPSA) is 76.2 Å². The fourth-order valence-electron chi connectivity index (χ4n) is 4.01. The predicted molar refractivity (Wildman–Crippen MR) is 145 cm³/mol. The second kappa shape index (κ2) is 10.9. The largest absolute Gasteiger partial charge is 0.493 e. The zero-order valence-corrected chi connectivity index (χ0v) is 21.0. The third kappa shape index (κ3) is 5.35. The number of aromatic hydroxyl groups is 1. The summed E-state index contributed by atoms with van der Waals surface area (Å²) in [5.74, 6) is -0.325. The quantitative estimate of drug-likeness (QED) is 0.216. The second-order valence-electron chi connectivity index (χ2n) is 8.29. The standard InChI is InChI=1S/C29H21Cl2N3O3/c30-21-15-14-20(24(31)16-21)18-37-26-13-7-5-11-23(26)28(35)33-32-27-22-10-4-6-12-25(22)34(29(27)36)17-19-8-2-1-3-9-19/h1-16,36H,17-18H2. The van der Waals surface area contributed by atoms with Crippen LogP contribution in [0.5, 0.6) is 11.6 Å². The molecule has 6 nitrogen and oxygen atoms in total. The number of ether oxygens (including phenoxy) is 1. The molecule has 0 aliphatic heterocycles. The molecule has 0 unspecified atom stereocenters. The summed E-state index contributed by atoms with van der Waals surface area (Å²) >= 11 is 12.2. The monoisotopic (exact) mass is 529 g/mol. The molecule has 0 saturated heterocycles. The Bertz CT molecular complexity index is 1610. The maximum atomic E-state index is 13.0. The number of azo groups is 1. The SMILES string of the molecule is O=C(N=Nc1c(O)n(Cc2ccccc2)c2ccccc12)c1ccccc1OCc1ccc(Cl)cc1Cl. The van der Waals surface area contributed by atoms with Crippen LogP contribution in [0.4, 0.5) is 5.69 Å². The molecule has 1 N–H and O–H groups in total. The van der Waals surface area contributed by atoms with Gasteiger partial charge in [0.2, 0.25) is 5.88 Å². The molecule has 5 aromatic rings. The van der Waals surface area contributed by atoms with Crippen molar-refractivity contribution < 1.29 is 14.6 Å². The van der Waals surface area contributed by atoms with Gasteiger partial charge < -0.3 is 14.4 Å². The number of hydrogen-bond acceptors (Lipinski definition) is 4. The number of amides is 1. The number of para-hydroxylation sites is 2. The molecular weight excluding hydrogens is 509 g/mol. The molecule has 1 aromatic heterocycles. The van der Waals surface area contributed by atoms with Gasteiger partial charge in [0.05, 0.1) is 17.6 Å². The van der Waals surface area contributed by atoms with Crippen molar-refractivity contribution >= 4 is 45.7 Å². The molecule has 37 heavy (non-hydrogen) atoms. The highest BCUT2D eigenvalue weighted by Gasteiger charge is 2.18. The molecule has 8 heteroatoms. The van der Waals surface area contributed by atoms with Gasteiger partial charge in [-0.15, -0.1) is 10.2 Å². The van der Waals surface area contributed by atoms with Crippen molar-refractivity contribution in [1.82, 2.24) is 4.57 Å². The highest BCUT2D eigenvalue weighted by Crippen LogP contribution is 2.39. The molecule has 0 atom stereocenters. The molecule has 0 aliphatic carbocycles. The van der Waals surface area contributed by atoms with Crippen LogP contribution in [0.3, 0.4) is 0 Å². The van der Waals surface area contributed by atoms with Gasteiger partial charge >= 0.3 is 0 Å². The van der Waals surface area contributed by atoms with Crippen LogP contribution in [0.2, 0.25) is 10.0 Å². The van der Waals surface area contributed by atoms with Crippen LogP contribution in [0, 0.1) is 0 Å². The van der Waals surface area contributed by atoms with Gasteiger partial charge in [-0.1, -0.05) is 89.9 Å². The van der Waals surface area contributed by atoms with Gasteiger partial charge in [0.25, 0.3) is 5.91 Å². The summed E-state index contributed by atoms with van der Waals surface area (Å²) in [5, 5.41) is 20.8.